The van der Waals surface area contributed by atoms with E-state index in [1.807, 2.05) is 5.32 Å². The van der Waals surface area contributed by atoms with Crippen molar-refractivity contribution in [3.63, 3.8) is 0 Å². The molecule has 3 aromatic carbocycles. The molecule has 1 heterocycles. The minimum atomic E-state index is -4.80. The van der Waals surface area contributed by atoms with Crippen LogP contribution in [0.25, 0.3) is 33.4 Å². The molecule has 234 valence electrons. The van der Waals surface area contributed by atoms with Gasteiger partial charge in [-0.2, -0.15) is 22.0 Å². The highest BCUT2D eigenvalue weighted by atomic mass is 32.2. The summed E-state index contributed by atoms with van der Waals surface area (Å²) in [4.78, 5) is 25.8. The summed E-state index contributed by atoms with van der Waals surface area (Å²) < 4.78 is 113. The van der Waals surface area contributed by atoms with Crippen molar-refractivity contribution in [2.75, 3.05) is 17.6 Å². The summed E-state index contributed by atoms with van der Waals surface area (Å²) in [7, 11) is -3.33. The number of alkyl halides is 5. The van der Waals surface area contributed by atoms with Crippen molar-refractivity contribution < 1.29 is 48.8 Å². The van der Waals surface area contributed by atoms with Gasteiger partial charge in [0, 0.05) is 35.2 Å². The summed E-state index contributed by atoms with van der Waals surface area (Å²) in [6.07, 6.45) is -4.26. The van der Waals surface area contributed by atoms with Gasteiger partial charge in [-0.05, 0) is 61.9 Å². The summed E-state index contributed by atoms with van der Waals surface area (Å²) in [5.74, 6) is -2.48. The molecule has 0 saturated heterocycles. The zero-order valence-corrected chi connectivity index (χ0v) is 24.3. The third kappa shape index (κ3) is 6.23. The van der Waals surface area contributed by atoms with E-state index >= 15 is 0 Å². The van der Waals surface area contributed by atoms with E-state index in [1.165, 1.54) is 43.4 Å². The number of carbonyl (C=O) groups excluding carboxylic acids is 2. The van der Waals surface area contributed by atoms with Crippen LogP contribution in [0.5, 0.6) is 0 Å². The van der Waals surface area contributed by atoms with Crippen LogP contribution < -0.4 is 14.9 Å². The first-order chi connectivity index (χ1) is 20.4. The van der Waals surface area contributed by atoms with Gasteiger partial charge in [-0.25, -0.2) is 17.1 Å². The Morgan fingerprint density at radius 1 is 0.932 bits per heavy atom. The molecule has 15 heteroatoms. The largest absolute Gasteiger partial charge is 0.455 e. The van der Waals surface area contributed by atoms with Gasteiger partial charge in [0.05, 0.1) is 17.5 Å². The Morgan fingerprint density at radius 2 is 1.57 bits per heavy atom. The number of nitrogens with zero attached hydrogens (tertiary/aromatic N) is 1. The maximum Gasteiger partial charge on any atom is 0.410 e. The van der Waals surface area contributed by atoms with Crippen LogP contribution in [-0.2, 0) is 10.0 Å². The van der Waals surface area contributed by atoms with Crippen molar-refractivity contribution >= 4 is 38.5 Å². The lowest BCUT2D eigenvalue weighted by atomic mass is 9.96. The minimum absolute atomic E-state index is 0.0400. The zero-order chi connectivity index (χ0) is 32.8. The highest BCUT2D eigenvalue weighted by Crippen LogP contribution is 2.42. The van der Waals surface area contributed by atoms with Crippen molar-refractivity contribution in [3.05, 3.63) is 77.6 Å². The second-order valence-corrected chi connectivity index (χ2v) is 12.1. The quantitative estimate of drug-likeness (QED) is 0.173. The predicted octanol–water partition coefficient (Wildman–Crippen LogP) is 6.32. The van der Waals surface area contributed by atoms with Crippen molar-refractivity contribution in [1.82, 2.24) is 10.6 Å². The lowest BCUT2D eigenvalue weighted by Gasteiger charge is -2.29. The van der Waals surface area contributed by atoms with Crippen LogP contribution >= 0.6 is 0 Å². The molecule has 0 bridgehead atoms. The smallest absolute Gasteiger partial charge is 0.410 e. The molecule has 4 aromatic rings. The summed E-state index contributed by atoms with van der Waals surface area (Å²) in [6, 6.07) is 11.9. The first-order valence-corrected chi connectivity index (χ1v) is 14.6. The van der Waals surface area contributed by atoms with Crippen LogP contribution in [0.15, 0.2) is 65.1 Å². The van der Waals surface area contributed by atoms with Gasteiger partial charge in [0.25, 0.3) is 11.8 Å². The number of hydrogen-bond donors (Lipinski definition) is 2. The van der Waals surface area contributed by atoms with E-state index in [4.69, 9.17) is 4.42 Å². The van der Waals surface area contributed by atoms with E-state index in [-0.39, 0.29) is 48.9 Å². The van der Waals surface area contributed by atoms with Crippen LogP contribution in [0.4, 0.5) is 32.0 Å². The number of fused-ring (bicyclic) bond motifs is 1. The van der Waals surface area contributed by atoms with Gasteiger partial charge in [-0.3, -0.25) is 9.59 Å². The number of furan rings is 1. The van der Waals surface area contributed by atoms with Crippen LogP contribution in [0.2, 0.25) is 0 Å². The Bertz CT molecular complexity index is 1850. The molecule has 4 rings (SSSR count). The highest BCUT2D eigenvalue weighted by molar-refractivity contribution is 7.92. The fraction of sp³-hybridized carbons (Fsp3) is 0.241. The molecule has 0 aliphatic heterocycles. The van der Waals surface area contributed by atoms with Gasteiger partial charge in [0.2, 0.25) is 10.0 Å². The molecule has 44 heavy (non-hydrogen) atoms. The SMILES string of the molecule is CNC(=O)c1c(-c2ccc(F)cc2)oc2cc(N(C(F)F)S(C)(=O)=O)c(-c3cccc(C(=O)NC(C)(C)C(F)(F)F)c3)cc12. The van der Waals surface area contributed by atoms with E-state index < -0.39 is 51.6 Å². The van der Waals surface area contributed by atoms with Gasteiger partial charge < -0.3 is 15.1 Å². The monoisotopic (exact) mass is 641 g/mol. The van der Waals surface area contributed by atoms with Crippen LogP contribution in [0, 0.1) is 5.82 Å². The minimum Gasteiger partial charge on any atom is -0.455 e. The number of benzene rings is 3. The number of sulfonamides is 1. The van der Waals surface area contributed by atoms with E-state index in [1.54, 1.807) is 0 Å². The Kier molecular flexibility index (Phi) is 8.48. The number of hydrogen-bond acceptors (Lipinski definition) is 5. The molecule has 0 unspecified atom stereocenters. The number of carbonyl (C=O) groups is 2. The molecule has 0 fully saturated rings. The highest BCUT2D eigenvalue weighted by Gasteiger charge is 2.48. The average molecular weight is 642 g/mol. The number of amides is 2. The van der Waals surface area contributed by atoms with Crippen molar-refractivity contribution in [2.24, 2.45) is 0 Å². The van der Waals surface area contributed by atoms with Crippen molar-refractivity contribution in [2.45, 2.75) is 32.1 Å². The van der Waals surface area contributed by atoms with Gasteiger partial charge in [0.15, 0.2) is 0 Å². The topological polar surface area (TPSA) is 109 Å². The molecule has 0 aliphatic carbocycles. The number of anilines is 1. The Balaban J connectivity index is 2.02. The lowest BCUT2D eigenvalue weighted by Crippen LogP contribution is -2.54. The third-order valence-electron chi connectivity index (χ3n) is 6.71. The van der Waals surface area contributed by atoms with Crippen molar-refractivity contribution in [3.8, 4) is 22.5 Å². The van der Waals surface area contributed by atoms with E-state index in [0.29, 0.717) is 6.26 Å². The first-order valence-electron chi connectivity index (χ1n) is 12.7. The summed E-state index contributed by atoms with van der Waals surface area (Å²) >= 11 is 0. The lowest BCUT2D eigenvalue weighted by molar-refractivity contribution is -0.182. The van der Waals surface area contributed by atoms with Crippen LogP contribution in [0.3, 0.4) is 0 Å². The molecule has 2 N–H and O–H groups in total. The molecule has 0 saturated carbocycles. The number of nitrogens with one attached hydrogen (secondary N) is 2. The maximum absolute atomic E-state index is 14.3. The van der Waals surface area contributed by atoms with Crippen LogP contribution in [0.1, 0.15) is 34.6 Å². The van der Waals surface area contributed by atoms with E-state index in [9.17, 15) is 44.3 Å². The second-order valence-electron chi connectivity index (χ2n) is 10.3. The van der Waals surface area contributed by atoms with E-state index in [2.05, 4.69) is 5.32 Å². The fourth-order valence-electron chi connectivity index (χ4n) is 4.38. The zero-order valence-electron chi connectivity index (χ0n) is 23.5. The standard InChI is InChI=1S/C29H25F6N3O5S/c1-28(2,29(33,34)35)37-25(39)17-7-5-6-16(12-17)19-13-20-22(14-21(19)38(27(31)32)44(4,41)42)43-24(23(20)26(40)36-3)15-8-10-18(30)11-9-15/h5-14,27H,1-4H3,(H,36,40)(H,37,39). The molecule has 0 aliphatic rings. The Morgan fingerprint density at radius 3 is 2.11 bits per heavy atom. The number of halogens is 6. The summed E-state index contributed by atoms with van der Waals surface area (Å²) in [6.45, 7) is -2.08. The van der Waals surface area contributed by atoms with Gasteiger partial charge in [-0.15, -0.1) is 0 Å². The fourth-order valence-corrected chi connectivity index (χ4v) is 5.18. The van der Waals surface area contributed by atoms with E-state index in [0.717, 1.165) is 38.1 Å². The Hall–Kier alpha value is -4.53. The number of rotatable bonds is 8. The molecule has 0 spiro atoms. The normalized spacial score (nSPS) is 12.4. The summed E-state index contributed by atoms with van der Waals surface area (Å²) in [5.41, 5.74) is -3.81. The third-order valence-corrected chi connectivity index (χ3v) is 7.78. The second kappa shape index (κ2) is 11.5. The van der Waals surface area contributed by atoms with Gasteiger partial charge in [-0.1, -0.05) is 12.1 Å². The molecular weight excluding hydrogens is 616 g/mol. The molecule has 8 nitrogen and oxygen atoms in total. The average Bonchev–Trinajstić information content (AvgIpc) is 3.29. The van der Waals surface area contributed by atoms with Crippen molar-refractivity contribution in [1.29, 1.82) is 0 Å². The molecule has 1 aromatic heterocycles. The van der Waals surface area contributed by atoms with Gasteiger partial charge in [0.1, 0.15) is 22.7 Å². The molecule has 2 amide bonds. The molecule has 0 atom stereocenters. The van der Waals surface area contributed by atoms with Gasteiger partial charge >= 0.3 is 12.7 Å². The molecule has 0 radical (unpaired) electrons. The van der Waals surface area contributed by atoms with Crippen LogP contribution in [-0.4, -0.2) is 51.8 Å². The Labute approximate surface area is 247 Å². The first kappa shape index (κ1) is 32.4. The maximum atomic E-state index is 14.3. The predicted molar refractivity (Wildman–Crippen MR) is 151 cm³/mol. The molecular formula is C29H25F6N3O5S. The summed E-state index contributed by atoms with van der Waals surface area (Å²) in [5, 5.41) is 4.35.